The van der Waals surface area contributed by atoms with Gasteiger partial charge in [0.2, 0.25) is 0 Å². The van der Waals surface area contributed by atoms with Crippen molar-refractivity contribution in [1.82, 2.24) is 0 Å². The third-order valence-corrected chi connectivity index (χ3v) is 2.80. The fraction of sp³-hybridized carbons (Fsp3) is 0.500. The molecule has 0 aliphatic heterocycles. The molecule has 2 nitrogen and oxygen atoms in total. The highest BCUT2D eigenvalue weighted by Crippen LogP contribution is 2.24. The maximum atomic E-state index is 10.1. The van der Waals surface area contributed by atoms with Gasteiger partial charge in [-0.05, 0) is 37.6 Å². The predicted octanol–water partition coefficient (Wildman–Crippen LogP) is 3.32. The molecule has 0 bridgehead atoms. The maximum absolute atomic E-state index is 10.1. The molecule has 0 fully saturated rings. The number of ether oxygens (including phenoxy) is 1. The monoisotopic (exact) mass is 262 g/mol. The van der Waals surface area contributed by atoms with Crippen LogP contribution in [0.3, 0.4) is 0 Å². The molecule has 1 atom stereocenters. The van der Waals surface area contributed by atoms with Crippen molar-refractivity contribution in [3.05, 3.63) is 33.8 Å². The third kappa shape index (κ3) is 4.30. The van der Waals surface area contributed by atoms with Gasteiger partial charge >= 0.3 is 0 Å². The smallest absolute Gasteiger partial charge is 0.0892 e. The van der Waals surface area contributed by atoms with E-state index in [1.807, 2.05) is 6.92 Å². The Bertz CT molecular complexity index is 351. The number of aliphatic hydroxyl groups is 1. The van der Waals surface area contributed by atoms with Gasteiger partial charge in [-0.3, -0.25) is 0 Å². The van der Waals surface area contributed by atoms with Crippen LogP contribution in [0.5, 0.6) is 0 Å². The van der Waals surface area contributed by atoms with Gasteiger partial charge in [-0.15, -0.1) is 0 Å². The van der Waals surface area contributed by atoms with Crippen molar-refractivity contribution in [2.75, 3.05) is 13.2 Å². The first-order valence-corrected chi connectivity index (χ1v) is 5.94. The first-order valence-electron chi connectivity index (χ1n) is 5.18. The van der Waals surface area contributed by atoms with Gasteiger partial charge in [0.25, 0.3) is 0 Å². The fourth-order valence-corrected chi connectivity index (χ4v) is 1.84. The summed E-state index contributed by atoms with van der Waals surface area (Å²) in [5.74, 6) is 0. The number of halogens is 2. The SMILES string of the molecule is CCOCC(C)(O)Cc1cc(Cl)ccc1Cl. The third-order valence-electron chi connectivity index (χ3n) is 2.20. The average Bonchev–Trinajstić information content (AvgIpc) is 2.20. The second kappa shape index (κ2) is 5.87. The van der Waals surface area contributed by atoms with E-state index in [9.17, 15) is 5.11 Å². The number of hydrogen-bond acceptors (Lipinski definition) is 2. The molecule has 1 aromatic carbocycles. The number of hydrogen-bond donors (Lipinski definition) is 1. The lowest BCUT2D eigenvalue weighted by atomic mass is 9.97. The number of rotatable bonds is 5. The molecule has 0 aliphatic carbocycles. The van der Waals surface area contributed by atoms with Crippen molar-refractivity contribution in [2.45, 2.75) is 25.9 Å². The zero-order chi connectivity index (χ0) is 12.2. The van der Waals surface area contributed by atoms with Crippen LogP contribution in [0.15, 0.2) is 18.2 Å². The second-order valence-electron chi connectivity index (χ2n) is 4.05. The van der Waals surface area contributed by atoms with Gasteiger partial charge in [0.05, 0.1) is 12.2 Å². The van der Waals surface area contributed by atoms with Crippen LogP contribution in [0, 0.1) is 0 Å². The zero-order valence-corrected chi connectivity index (χ0v) is 11.0. The Morgan fingerprint density at radius 2 is 2.06 bits per heavy atom. The van der Waals surface area contributed by atoms with Crippen LogP contribution in [0.1, 0.15) is 19.4 Å². The summed E-state index contributed by atoms with van der Waals surface area (Å²) < 4.78 is 5.21. The molecule has 0 saturated heterocycles. The summed E-state index contributed by atoms with van der Waals surface area (Å²) in [6.07, 6.45) is 0.423. The summed E-state index contributed by atoms with van der Waals surface area (Å²) in [5.41, 5.74) is -0.0940. The largest absolute Gasteiger partial charge is 0.387 e. The normalized spacial score (nSPS) is 14.8. The van der Waals surface area contributed by atoms with Gasteiger partial charge in [0.15, 0.2) is 0 Å². The molecule has 90 valence electrons. The summed E-state index contributed by atoms with van der Waals surface area (Å²) >= 11 is 11.9. The van der Waals surface area contributed by atoms with E-state index in [1.54, 1.807) is 25.1 Å². The Morgan fingerprint density at radius 1 is 1.38 bits per heavy atom. The van der Waals surface area contributed by atoms with Gasteiger partial charge in [-0.2, -0.15) is 0 Å². The molecule has 1 rings (SSSR count). The molecule has 1 aromatic rings. The van der Waals surface area contributed by atoms with E-state index >= 15 is 0 Å². The topological polar surface area (TPSA) is 29.5 Å². The van der Waals surface area contributed by atoms with Gasteiger partial charge in [-0.25, -0.2) is 0 Å². The van der Waals surface area contributed by atoms with E-state index in [2.05, 4.69) is 0 Å². The van der Waals surface area contributed by atoms with Gasteiger partial charge in [0, 0.05) is 23.1 Å². The molecule has 4 heteroatoms. The minimum atomic E-state index is -0.926. The van der Waals surface area contributed by atoms with E-state index in [0.29, 0.717) is 23.1 Å². The fourth-order valence-electron chi connectivity index (χ4n) is 1.46. The van der Waals surface area contributed by atoms with Crippen LogP contribution in [0.2, 0.25) is 10.0 Å². The lowest BCUT2D eigenvalue weighted by Gasteiger charge is -2.23. The van der Waals surface area contributed by atoms with E-state index in [4.69, 9.17) is 27.9 Å². The molecule has 16 heavy (non-hydrogen) atoms. The minimum absolute atomic E-state index is 0.284. The summed E-state index contributed by atoms with van der Waals surface area (Å²) in [7, 11) is 0. The first kappa shape index (κ1) is 13.8. The Balaban J connectivity index is 2.74. The van der Waals surface area contributed by atoms with Crippen molar-refractivity contribution in [2.24, 2.45) is 0 Å². The summed E-state index contributed by atoms with van der Waals surface area (Å²) in [6.45, 7) is 4.48. The highest BCUT2D eigenvalue weighted by atomic mass is 35.5. The van der Waals surface area contributed by atoms with E-state index in [0.717, 1.165) is 5.56 Å². The highest BCUT2D eigenvalue weighted by molar-refractivity contribution is 6.33. The quantitative estimate of drug-likeness (QED) is 0.883. The average molecular weight is 263 g/mol. The molecule has 0 aliphatic rings. The molecule has 0 heterocycles. The van der Waals surface area contributed by atoms with Crippen LogP contribution in [-0.4, -0.2) is 23.9 Å². The molecule has 1 unspecified atom stereocenters. The molecule has 0 amide bonds. The summed E-state index contributed by atoms with van der Waals surface area (Å²) in [6, 6.07) is 5.23. The molecule has 0 saturated carbocycles. The molecule has 1 N–H and O–H groups in total. The maximum Gasteiger partial charge on any atom is 0.0892 e. The minimum Gasteiger partial charge on any atom is -0.387 e. The predicted molar refractivity (Wildman–Crippen MR) is 67.3 cm³/mol. The van der Waals surface area contributed by atoms with Crippen LogP contribution in [0.4, 0.5) is 0 Å². The van der Waals surface area contributed by atoms with Crippen molar-refractivity contribution in [1.29, 1.82) is 0 Å². The lowest BCUT2D eigenvalue weighted by molar-refractivity contribution is -0.0296. The molecule has 0 aromatic heterocycles. The Hall–Kier alpha value is -0.280. The van der Waals surface area contributed by atoms with Gasteiger partial charge < -0.3 is 9.84 Å². The standard InChI is InChI=1S/C12H16Cl2O2/c1-3-16-8-12(2,15)7-9-6-10(13)4-5-11(9)14/h4-6,15H,3,7-8H2,1-2H3. The Kier molecular flexibility index (Phi) is 5.06. The molecule has 0 spiro atoms. The molecule has 0 radical (unpaired) electrons. The summed E-state index contributed by atoms with van der Waals surface area (Å²) in [5, 5.41) is 11.3. The van der Waals surface area contributed by atoms with E-state index in [-0.39, 0.29) is 6.61 Å². The van der Waals surface area contributed by atoms with Crippen molar-refractivity contribution >= 4 is 23.2 Å². The molecular formula is C12H16Cl2O2. The second-order valence-corrected chi connectivity index (χ2v) is 4.89. The van der Waals surface area contributed by atoms with Crippen LogP contribution < -0.4 is 0 Å². The van der Waals surface area contributed by atoms with Crippen molar-refractivity contribution < 1.29 is 9.84 Å². The Morgan fingerprint density at radius 3 is 2.69 bits per heavy atom. The highest BCUT2D eigenvalue weighted by Gasteiger charge is 2.22. The van der Waals surface area contributed by atoms with Crippen molar-refractivity contribution in [3.63, 3.8) is 0 Å². The number of benzene rings is 1. The first-order chi connectivity index (χ1) is 7.44. The van der Waals surface area contributed by atoms with Crippen LogP contribution in [0.25, 0.3) is 0 Å². The van der Waals surface area contributed by atoms with Crippen molar-refractivity contribution in [3.8, 4) is 0 Å². The van der Waals surface area contributed by atoms with Gasteiger partial charge in [-0.1, -0.05) is 23.2 Å². The lowest BCUT2D eigenvalue weighted by Crippen LogP contribution is -2.33. The molecular weight excluding hydrogens is 247 g/mol. The van der Waals surface area contributed by atoms with E-state index in [1.165, 1.54) is 0 Å². The van der Waals surface area contributed by atoms with E-state index < -0.39 is 5.60 Å². The zero-order valence-electron chi connectivity index (χ0n) is 9.46. The van der Waals surface area contributed by atoms with Crippen LogP contribution >= 0.6 is 23.2 Å². The Labute approximate surface area is 106 Å². The summed E-state index contributed by atoms with van der Waals surface area (Å²) in [4.78, 5) is 0. The van der Waals surface area contributed by atoms with Crippen LogP contribution in [-0.2, 0) is 11.2 Å². The van der Waals surface area contributed by atoms with Gasteiger partial charge in [0.1, 0.15) is 0 Å².